The highest BCUT2D eigenvalue weighted by atomic mass is 35.5. The molecule has 0 atom stereocenters. The van der Waals surface area contributed by atoms with E-state index in [9.17, 15) is 4.39 Å². The van der Waals surface area contributed by atoms with Gasteiger partial charge in [0.15, 0.2) is 0 Å². The summed E-state index contributed by atoms with van der Waals surface area (Å²) >= 11 is 5.51. The van der Waals surface area contributed by atoms with Crippen LogP contribution in [-0.4, -0.2) is 4.98 Å². The molecule has 3 heteroatoms. The number of rotatable bonds is 1. The van der Waals surface area contributed by atoms with Gasteiger partial charge in [-0.3, -0.25) is 0 Å². The molecule has 10 heavy (non-hydrogen) atoms. The topological polar surface area (TPSA) is 12.9 Å². The smallest absolute Gasteiger partial charge is 0.216 e. The molecule has 0 saturated heterocycles. The minimum atomic E-state index is -0.432. The lowest BCUT2D eigenvalue weighted by atomic mass is 10.2. The molecule has 0 fully saturated rings. The summed E-state index contributed by atoms with van der Waals surface area (Å²) in [5.41, 5.74) is 1.34. The zero-order valence-corrected chi connectivity index (χ0v) is 6.32. The predicted molar refractivity (Wildman–Crippen MR) is 38.5 cm³/mol. The van der Waals surface area contributed by atoms with Gasteiger partial charge in [-0.2, -0.15) is 4.39 Å². The van der Waals surface area contributed by atoms with E-state index in [0.29, 0.717) is 11.4 Å². The SMILES string of the molecule is Cc1c(CCl)ccnc1F. The van der Waals surface area contributed by atoms with Crippen molar-refractivity contribution in [1.82, 2.24) is 4.98 Å². The summed E-state index contributed by atoms with van der Waals surface area (Å²) in [5.74, 6) is -0.0937. The molecule has 0 aliphatic carbocycles. The van der Waals surface area contributed by atoms with Gasteiger partial charge in [0, 0.05) is 17.6 Å². The van der Waals surface area contributed by atoms with Crippen molar-refractivity contribution in [3.05, 3.63) is 29.3 Å². The van der Waals surface area contributed by atoms with E-state index in [1.807, 2.05) is 0 Å². The van der Waals surface area contributed by atoms with E-state index in [1.54, 1.807) is 13.0 Å². The van der Waals surface area contributed by atoms with Crippen molar-refractivity contribution < 1.29 is 4.39 Å². The first-order valence-corrected chi connectivity index (χ1v) is 3.45. The molecule has 0 aliphatic heterocycles. The van der Waals surface area contributed by atoms with Crippen molar-refractivity contribution in [3.8, 4) is 0 Å². The Balaban J connectivity index is 3.14. The van der Waals surface area contributed by atoms with Crippen LogP contribution in [0.25, 0.3) is 0 Å². The largest absolute Gasteiger partial charge is 0.228 e. The number of alkyl halides is 1. The molecular weight excluding hydrogens is 153 g/mol. The van der Waals surface area contributed by atoms with Gasteiger partial charge in [-0.25, -0.2) is 4.98 Å². The Morgan fingerprint density at radius 3 is 2.90 bits per heavy atom. The van der Waals surface area contributed by atoms with Gasteiger partial charge in [-0.1, -0.05) is 0 Å². The molecule has 0 bridgehead atoms. The molecule has 0 radical (unpaired) electrons. The number of hydrogen-bond acceptors (Lipinski definition) is 1. The highest BCUT2D eigenvalue weighted by Gasteiger charge is 2.01. The summed E-state index contributed by atoms with van der Waals surface area (Å²) in [6.45, 7) is 1.67. The van der Waals surface area contributed by atoms with E-state index < -0.39 is 5.95 Å². The third kappa shape index (κ3) is 1.27. The minimum absolute atomic E-state index is 0.339. The molecule has 1 rings (SSSR count). The summed E-state index contributed by atoms with van der Waals surface area (Å²) in [7, 11) is 0. The Kier molecular flexibility index (Phi) is 2.22. The maximum atomic E-state index is 12.6. The first-order chi connectivity index (χ1) is 4.75. The van der Waals surface area contributed by atoms with Crippen molar-refractivity contribution in [2.75, 3.05) is 0 Å². The third-order valence-corrected chi connectivity index (χ3v) is 1.69. The van der Waals surface area contributed by atoms with E-state index in [4.69, 9.17) is 11.6 Å². The Hall–Kier alpha value is -0.630. The van der Waals surface area contributed by atoms with E-state index in [-0.39, 0.29) is 0 Å². The fourth-order valence-corrected chi connectivity index (χ4v) is 0.981. The maximum Gasteiger partial charge on any atom is 0.216 e. The van der Waals surface area contributed by atoms with Crippen LogP contribution in [0.3, 0.4) is 0 Å². The van der Waals surface area contributed by atoms with Crippen LogP contribution >= 0.6 is 11.6 Å². The molecule has 0 spiro atoms. The van der Waals surface area contributed by atoms with Crippen LogP contribution in [0, 0.1) is 12.9 Å². The normalized spacial score (nSPS) is 9.90. The summed E-state index contributed by atoms with van der Waals surface area (Å²) in [6, 6.07) is 1.71. The molecule has 1 aromatic heterocycles. The third-order valence-electron chi connectivity index (χ3n) is 1.40. The molecular formula is C7H7ClFN. The van der Waals surface area contributed by atoms with Crippen LogP contribution in [0.1, 0.15) is 11.1 Å². The minimum Gasteiger partial charge on any atom is -0.228 e. The van der Waals surface area contributed by atoms with Crippen LogP contribution in [-0.2, 0) is 5.88 Å². The highest BCUT2D eigenvalue weighted by molar-refractivity contribution is 6.17. The lowest BCUT2D eigenvalue weighted by Crippen LogP contribution is -1.92. The second kappa shape index (κ2) is 2.97. The zero-order valence-electron chi connectivity index (χ0n) is 5.56. The molecule has 0 saturated carbocycles. The van der Waals surface area contributed by atoms with E-state index >= 15 is 0 Å². The number of aromatic nitrogens is 1. The number of pyridine rings is 1. The number of halogens is 2. The Morgan fingerprint density at radius 2 is 2.40 bits per heavy atom. The average Bonchev–Trinajstić information content (AvgIpc) is 1.95. The summed E-state index contributed by atoms with van der Waals surface area (Å²) in [5, 5.41) is 0. The van der Waals surface area contributed by atoms with E-state index in [0.717, 1.165) is 5.56 Å². The van der Waals surface area contributed by atoms with Crippen molar-refractivity contribution >= 4 is 11.6 Å². The Morgan fingerprint density at radius 1 is 1.70 bits per heavy atom. The molecule has 0 amide bonds. The highest BCUT2D eigenvalue weighted by Crippen LogP contribution is 2.11. The second-order valence-electron chi connectivity index (χ2n) is 2.02. The molecule has 0 unspecified atom stereocenters. The molecule has 0 N–H and O–H groups in total. The van der Waals surface area contributed by atoms with Gasteiger partial charge in [0.2, 0.25) is 5.95 Å². The van der Waals surface area contributed by atoms with Gasteiger partial charge in [-0.15, -0.1) is 11.6 Å². The van der Waals surface area contributed by atoms with Crippen molar-refractivity contribution in [1.29, 1.82) is 0 Å². The molecule has 54 valence electrons. The number of nitrogens with zero attached hydrogens (tertiary/aromatic N) is 1. The summed E-state index contributed by atoms with van der Waals surface area (Å²) in [4.78, 5) is 3.46. The van der Waals surface area contributed by atoms with Gasteiger partial charge in [-0.05, 0) is 18.6 Å². The van der Waals surface area contributed by atoms with Crippen LogP contribution in [0.4, 0.5) is 4.39 Å². The molecule has 1 heterocycles. The van der Waals surface area contributed by atoms with E-state index in [1.165, 1.54) is 6.20 Å². The van der Waals surface area contributed by atoms with E-state index in [2.05, 4.69) is 4.98 Å². The molecule has 0 aliphatic rings. The lowest BCUT2D eigenvalue weighted by molar-refractivity contribution is 0.572. The van der Waals surface area contributed by atoms with Crippen LogP contribution < -0.4 is 0 Å². The fourth-order valence-electron chi connectivity index (χ4n) is 0.692. The van der Waals surface area contributed by atoms with Crippen LogP contribution in [0.2, 0.25) is 0 Å². The second-order valence-corrected chi connectivity index (χ2v) is 2.29. The molecule has 0 aromatic carbocycles. The maximum absolute atomic E-state index is 12.6. The first kappa shape index (κ1) is 7.48. The quantitative estimate of drug-likeness (QED) is 0.453. The van der Waals surface area contributed by atoms with Gasteiger partial charge in [0.05, 0.1) is 0 Å². The molecule has 1 aromatic rings. The lowest BCUT2D eigenvalue weighted by Gasteiger charge is -1.99. The van der Waals surface area contributed by atoms with Crippen LogP contribution in [0.15, 0.2) is 12.3 Å². The monoisotopic (exact) mass is 159 g/mol. The van der Waals surface area contributed by atoms with Crippen molar-refractivity contribution in [2.24, 2.45) is 0 Å². The first-order valence-electron chi connectivity index (χ1n) is 2.91. The average molecular weight is 160 g/mol. The summed E-state index contributed by atoms with van der Waals surface area (Å²) < 4.78 is 12.6. The van der Waals surface area contributed by atoms with Gasteiger partial charge in [0.25, 0.3) is 0 Å². The van der Waals surface area contributed by atoms with Crippen LogP contribution in [0.5, 0.6) is 0 Å². The van der Waals surface area contributed by atoms with Gasteiger partial charge < -0.3 is 0 Å². The zero-order chi connectivity index (χ0) is 7.56. The fraction of sp³-hybridized carbons (Fsp3) is 0.286. The van der Waals surface area contributed by atoms with Gasteiger partial charge >= 0.3 is 0 Å². The standard InChI is InChI=1S/C7H7ClFN/c1-5-6(4-8)2-3-10-7(5)9/h2-3H,4H2,1H3. The number of hydrogen-bond donors (Lipinski definition) is 0. The summed E-state index contributed by atoms with van der Waals surface area (Å²) in [6.07, 6.45) is 1.42. The van der Waals surface area contributed by atoms with Crippen molar-refractivity contribution in [3.63, 3.8) is 0 Å². The Bertz CT molecular complexity index is 237. The Labute approximate surface area is 63.8 Å². The predicted octanol–water partition coefficient (Wildman–Crippen LogP) is 2.27. The van der Waals surface area contributed by atoms with Gasteiger partial charge in [0.1, 0.15) is 0 Å². The van der Waals surface area contributed by atoms with Crippen molar-refractivity contribution in [2.45, 2.75) is 12.8 Å². The molecule has 1 nitrogen and oxygen atoms in total.